The van der Waals surface area contributed by atoms with E-state index in [2.05, 4.69) is 30.8 Å². The van der Waals surface area contributed by atoms with Gasteiger partial charge in [0.1, 0.15) is 5.82 Å². The van der Waals surface area contributed by atoms with Crippen molar-refractivity contribution in [1.82, 2.24) is 9.55 Å². The Labute approximate surface area is 141 Å². The summed E-state index contributed by atoms with van der Waals surface area (Å²) in [4.78, 5) is 16.6. The smallest absolute Gasteiger partial charge is 0.291 e. The number of anilines is 1. The van der Waals surface area contributed by atoms with Crippen LogP contribution in [0.15, 0.2) is 51.7 Å². The number of carbonyl (C=O) groups excluding carboxylic acids is 1. The van der Waals surface area contributed by atoms with Crippen LogP contribution in [-0.4, -0.2) is 15.5 Å². The van der Waals surface area contributed by atoms with Crippen molar-refractivity contribution in [2.75, 3.05) is 5.32 Å². The van der Waals surface area contributed by atoms with Crippen molar-refractivity contribution in [1.29, 1.82) is 0 Å². The van der Waals surface area contributed by atoms with Crippen molar-refractivity contribution in [3.63, 3.8) is 0 Å². The highest BCUT2D eigenvalue weighted by molar-refractivity contribution is 9.10. The molecule has 2 aromatic heterocycles. The van der Waals surface area contributed by atoms with Gasteiger partial charge in [0.15, 0.2) is 10.4 Å². The number of nitrogens with zero attached hydrogens (tertiary/aromatic N) is 2. The van der Waals surface area contributed by atoms with Crippen molar-refractivity contribution in [3.05, 3.63) is 58.8 Å². The van der Waals surface area contributed by atoms with Crippen molar-refractivity contribution in [2.24, 2.45) is 0 Å². The summed E-state index contributed by atoms with van der Waals surface area (Å²) in [5.74, 6) is 1.13. The third kappa shape index (κ3) is 2.70. The molecular weight excluding hydrogens is 358 g/mol. The average Bonchev–Trinajstić information content (AvgIpc) is 3.23. The molecule has 0 fully saturated rings. The molecule has 1 aromatic carbocycles. The molecular formula is C17H14BrN3O2. The number of imidazole rings is 1. The number of fused-ring (bicyclic) bond motifs is 1. The first-order chi connectivity index (χ1) is 11.2. The second-order valence-corrected chi connectivity index (χ2v) is 6.24. The van der Waals surface area contributed by atoms with E-state index < -0.39 is 0 Å². The second kappa shape index (κ2) is 5.70. The van der Waals surface area contributed by atoms with Crippen LogP contribution in [0, 0.1) is 0 Å². The van der Waals surface area contributed by atoms with Gasteiger partial charge in [0.25, 0.3) is 5.91 Å². The highest BCUT2D eigenvalue weighted by Gasteiger charge is 2.17. The number of hydrogen-bond donors (Lipinski definition) is 1. The molecule has 116 valence electrons. The lowest BCUT2D eigenvalue weighted by molar-refractivity contribution is 0.0995. The molecule has 5 nitrogen and oxygen atoms in total. The highest BCUT2D eigenvalue weighted by atomic mass is 79.9. The van der Waals surface area contributed by atoms with Gasteiger partial charge in [-0.1, -0.05) is 12.1 Å². The van der Waals surface area contributed by atoms with E-state index in [0.717, 1.165) is 42.2 Å². The number of halogens is 1. The third-order valence-corrected chi connectivity index (χ3v) is 4.36. The topological polar surface area (TPSA) is 60.1 Å². The summed E-state index contributed by atoms with van der Waals surface area (Å²) in [6, 6.07) is 11.1. The van der Waals surface area contributed by atoms with Crippen LogP contribution in [0.3, 0.4) is 0 Å². The Morgan fingerprint density at radius 2 is 2.22 bits per heavy atom. The van der Waals surface area contributed by atoms with E-state index in [9.17, 15) is 4.79 Å². The number of hydrogen-bond acceptors (Lipinski definition) is 3. The molecule has 1 N–H and O–H groups in total. The standard InChI is InChI=1S/C17H14BrN3O2/c18-15-7-6-14(23-15)17(22)20-12-4-1-3-11(9-12)13-10-19-16-5-2-8-21(13)16/h1,3-4,6-7,9-10H,2,5,8H2,(H,20,22). The Balaban J connectivity index is 1.60. The Morgan fingerprint density at radius 1 is 1.30 bits per heavy atom. The average molecular weight is 372 g/mol. The Bertz CT molecular complexity index is 882. The molecule has 4 rings (SSSR count). The maximum absolute atomic E-state index is 12.2. The van der Waals surface area contributed by atoms with Crippen LogP contribution < -0.4 is 5.32 Å². The first-order valence-corrected chi connectivity index (χ1v) is 8.21. The summed E-state index contributed by atoms with van der Waals surface area (Å²) in [6.45, 7) is 1.00. The lowest BCUT2D eigenvalue weighted by atomic mass is 10.1. The molecule has 0 atom stereocenters. The van der Waals surface area contributed by atoms with Gasteiger partial charge < -0.3 is 14.3 Å². The number of aryl methyl sites for hydroxylation is 1. The van der Waals surface area contributed by atoms with E-state index in [1.807, 2.05) is 30.5 Å². The molecule has 1 aliphatic heterocycles. The van der Waals surface area contributed by atoms with E-state index in [-0.39, 0.29) is 11.7 Å². The van der Waals surface area contributed by atoms with Crippen LogP contribution in [0.25, 0.3) is 11.3 Å². The number of rotatable bonds is 3. The predicted molar refractivity (Wildman–Crippen MR) is 90.3 cm³/mol. The number of nitrogens with one attached hydrogen (secondary N) is 1. The fraction of sp³-hybridized carbons (Fsp3) is 0.176. The molecule has 3 heterocycles. The molecule has 1 amide bonds. The molecule has 0 aliphatic carbocycles. The molecule has 0 saturated carbocycles. The number of aromatic nitrogens is 2. The zero-order valence-corrected chi connectivity index (χ0v) is 13.8. The van der Waals surface area contributed by atoms with Gasteiger partial charge in [-0.05, 0) is 46.6 Å². The predicted octanol–water partition coefficient (Wildman–Crippen LogP) is 4.10. The van der Waals surface area contributed by atoms with Crippen LogP contribution in [-0.2, 0) is 13.0 Å². The largest absolute Gasteiger partial charge is 0.444 e. The first kappa shape index (κ1) is 14.3. The van der Waals surface area contributed by atoms with Gasteiger partial charge in [-0.15, -0.1) is 0 Å². The van der Waals surface area contributed by atoms with Gasteiger partial charge in [0.2, 0.25) is 0 Å². The summed E-state index contributed by atoms with van der Waals surface area (Å²) >= 11 is 3.20. The molecule has 0 saturated heterocycles. The molecule has 3 aromatic rings. The number of benzene rings is 1. The normalized spacial score (nSPS) is 13.1. The van der Waals surface area contributed by atoms with E-state index in [1.165, 1.54) is 0 Å². The Kier molecular flexibility index (Phi) is 3.53. The van der Waals surface area contributed by atoms with E-state index in [1.54, 1.807) is 12.1 Å². The molecule has 0 bridgehead atoms. The molecule has 6 heteroatoms. The zero-order valence-electron chi connectivity index (χ0n) is 12.3. The van der Waals surface area contributed by atoms with Crippen LogP contribution in [0.4, 0.5) is 5.69 Å². The fourth-order valence-electron chi connectivity index (χ4n) is 2.87. The van der Waals surface area contributed by atoms with Crippen LogP contribution >= 0.6 is 15.9 Å². The minimum Gasteiger partial charge on any atom is -0.444 e. The van der Waals surface area contributed by atoms with Crippen LogP contribution in [0.5, 0.6) is 0 Å². The lowest BCUT2D eigenvalue weighted by Crippen LogP contribution is -2.10. The maximum atomic E-state index is 12.2. The summed E-state index contributed by atoms with van der Waals surface area (Å²) < 4.78 is 8.05. The number of carbonyl (C=O) groups is 1. The molecule has 23 heavy (non-hydrogen) atoms. The summed E-state index contributed by atoms with van der Waals surface area (Å²) in [7, 11) is 0. The van der Waals surface area contributed by atoms with Gasteiger partial charge in [0.05, 0.1) is 11.9 Å². The maximum Gasteiger partial charge on any atom is 0.291 e. The monoisotopic (exact) mass is 371 g/mol. The molecule has 0 spiro atoms. The van der Waals surface area contributed by atoms with Gasteiger partial charge in [-0.25, -0.2) is 4.98 Å². The molecule has 0 unspecified atom stereocenters. The van der Waals surface area contributed by atoms with E-state index >= 15 is 0 Å². The highest BCUT2D eigenvalue weighted by Crippen LogP contribution is 2.27. The Morgan fingerprint density at radius 3 is 3.04 bits per heavy atom. The summed E-state index contributed by atoms with van der Waals surface area (Å²) in [5, 5.41) is 2.86. The van der Waals surface area contributed by atoms with Crippen molar-refractivity contribution in [2.45, 2.75) is 19.4 Å². The number of furan rings is 1. The van der Waals surface area contributed by atoms with Crippen molar-refractivity contribution < 1.29 is 9.21 Å². The van der Waals surface area contributed by atoms with Crippen LogP contribution in [0.1, 0.15) is 22.8 Å². The quantitative estimate of drug-likeness (QED) is 0.753. The minimum atomic E-state index is -0.272. The molecule has 1 aliphatic rings. The summed E-state index contributed by atoms with van der Waals surface area (Å²) in [6.07, 6.45) is 4.07. The minimum absolute atomic E-state index is 0.271. The Hall–Kier alpha value is -2.34. The summed E-state index contributed by atoms with van der Waals surface area (Å²) in [5.41, 5.74) is 2.87. The van der Waals surface area contributed by atoms with Gasteiger partial charge in [-0.2, -0.15) is 0 Å². The first-order valence-electron chi connectivity index (χ1n) is 7.42. The van der Waals surface area contributed by atoms with Crippen molar-refractivity contribution >= 4 is 27.5 Å². The lowest BCUT2D eigenvalue weighted by Gasteiger charge is -2.08. The van der Waals surface area contributed by atoms with Gasteiger partial charge in [0, 0.05) is 24.2 Å². The van der Waals surface area contributed by atoms with E-state index in [4.69, 9.17) is 4.42 Å². The SMILES string of the molecule is O=C(Nc1cccc(-c2cnc3n2CCC3)c1)c1ccc(Br)o1. The van der Waals surface area contributed by atoms with Gasteiger partial charge >= 0.3 is 0 Å². The van der Waals surface area contributed by atoms with Crippen molar-refractivity contribution in [3.8, 4) is 11.3 Å². The van der Waals surface area contributed by atoms with E-state index in [0.29, 0.717) is 4.67 Å². The third-order valence-electron chi connectivity index (χ3n) is 3.93. The zero-order chi connectivity index (χ0) is 15.8. The number of amides is 1. The molecule has 0 radical (unpaired) electrons. The van der Waals surface area contributed by atoms with Gasteiger partial charge in [-0.3, -0.25) is 4.79 Å². The fourth-order valence-corrected chi connectivity index (χ4v) is 3.18. The van der Waals surface area contributed by atoms with Crippen LogP contribution in [0.2, 0.25) is 0 Å². The second-order valence-electron chi connectivity index (χ2n) is 5.45.